The van der Waals surface area contributed by atoms with E-state index in [0.717, 1.165) is 31.4 Å². The molecule has 0 aromatic heterocycles. The van der Waals surface area contributed by atoms with E-state index < -0.39 is 6.36 Å². The Morgan fingerprint density at radius 3 is 2.72 bits per heavy atom. The molecule has 3 rings (SSSR count). The van der Waals surface area contributed by atoms with Crippen LogP contribution in [0.15, 0.2) is 35.9 Å². The van der Waals surface area contributed by atoms with Gasteiger partial charge in [-0.15, -0.1) is 13.2 Å². The molecule has 2 aliphatic rings. The molecule has 0 saturated heterocycles. The first-order chi connectivity index (χ1) is 11.9. The highest BCUT2D eigenvalue weighted by Gasteiger charge is 2.36. The third-order valence-corrected chi connectivity index (χ3v) is 4.83. The molecular formula is C19H24F3NO2. The van der Waals surface area contributed by atoms with Gasteiger partial charge >= 0.3 is 6.36 Å². The summed E-state index contributed by atoms with van der Waals surface area (Å²) in [5, 5.41) is 9.01. The molecule has 1 aromatic carbocycles. The van der Waals surface area contributed by atoms with E-state index in [2.05, 4.69) is 15.7 Å². The highest BCUT2D eigenvalue weighted by atomic mass is 19.4. The Bertz CT molecular complexity index is 611. The first kappa shape index (κ1) is 18.3. The van der Waals surface area contributed by atoms with Gasteiger partial charge in [0.2, 0.25) is 0 Å². The van der Waals surface area contributed by atoms with Crippen molar-refractivity contribution < 1.29 is 23.0 Å². The van der Waals surface area contributed by atoms with Crippen LogP contribution in [0, 0.1) is 5.92 Å². The lowest BCUT2D eigenvalue weighted by molar-refractivity contribution is -0.274. The van der Waals surface area contributed by atoms with Crippen molar-refractivity contribution in [2.24, 2.45) is 5.92 Å². The molecular weight excluding hydrogens is 331 g/mol. The highest BCUT2D eigenvalue weighted by Crippen LogP contribution is 2.39. The summed E-state index contributed by atoms with van der Waals surface area (Å²) < 4.78 is 41.2. The highest BCUT2D eigenvalue weighted by molar-refractivity contribution is 5.29. The molecule has 25 heavy (non-hydrogen) atoms. The number of aliphatic hydroxyl groups excluding tert-OH is 1. The number of ether oxygens (including phenoxy) is 1. The number of aliphatic hydroxyl groups is 1. The first-order valence-corrected chi connectivity index (χ1v) is 8.84. The maximum atomic E-state index is 12.4. The van der Waals surface area contributed by atoms with E-state index >= 15 is 0 Å². The lowest BCUT2D eigenvalue weighted by Gasteiger charge is -2.35. The van der Waals surface area contributed by atoms with E-state index in [1.165, 1.54) is 30.5 Å². The standard InChI is InChI=1S/C19H24F3NO2/c20-19(21,22)25-17-5-1-3-15(11-17)13-23-9-8-14(4-2-10-24)12-18(23)16-6-7-16/h1,3,5,11-12,16,18,24H,2,4,6-10,13H2. The first-order valence-electron chi connectivity index (χ1n) is 8.84. The van der Waals surface area contributed by atoms with Crippen LogP contribution in [-0.4, -0.2) is 35.6 Å². The molecule has 1 N–H and O–H groups in total. The molecule has 6 heteroatoms. The average molecular weight is 355 g/mol. The molecule has 0 bridgehead atoms. The molecule has 1 aliphatic heterocycles. The predicted octanol–water partition coefficient (Wildman–Crippen LogP) is 4.27. The smallest absolute Gasteiger partial charge is 0.406 e. The summed E-state index contributed by atoms with van der Waals surface area (Å²) in [5.41, 5.74) is 2.23. The van der Waals surface area contributed by atoms with E-state index in [1.54, 1.807) is 6.07 Å². The van der Waals surface area contributed by atoms with Crippen LogP contribution in [0.2, 0.25) is 0 Å². The molecule has 138 valence electrons. The molecule has 1 fully saturated rings. The Kier molecular flexibility index (Phi) is 5.69. The second-order valence-electron chi connectivity index (χ2n) is 6.90. The van der Waals surface area contributed by atoms with Crippen molar-refractivity contribution in [2.75, 3.05) is 13.2 Å². The SMILES string of the molecule is OCCCC1=CC(C2CC2)N(Cc2cccc(OC(F)(F)F)c2)CC1. The van der Waals surface area contributed by atoms with Gasteiger partial charge in [0.05, 0.1) is 0 Å². The minimum absolute atomic E-state index is 0.163. The molecule has 3 nitrogen and oxygen atoms in total. The number of rotatable bonds is 7. The van der Waals surface area contributed by atoms with Gasteiger partial charge in [-0.3, -0.25) is 4.90 Å². The average Bonchev–Trinajstić information content (AvgIpc) is 3.37. The molecule has 1 atom stereocenters. The van der Waals surface area contributed by atoms with E-state index in [9.17, 15) is 13.2 Å². The Balaban J connectivity index is 1.67. The van der Waals surface area contributed by atoms with Crippen molar-refractivity contribution in [2.45, 2.75) is 51.1 Å². The van der Waals surface area contributed by atoms with Crippen molar-refractivity contribution in [1.29, 1.82) is 0 Å². The zero-order valence-electron chi connectivity index (χ0n) is 14.1. The lowest BCUT2D eigenvalue weighted by atomic mass is 9.95. The third-order valence-electron chi connectivity index (χ3n) is 4.83. The van der Waals surface area contributed by atoms with Crippen molar-refractivity contribution >= 4 is 0 Å². The van der Waals surface area contributed by atoms with Crippen molar-refractivity contribution in [3.63, 3.8) is 0 Å². The second-order valence-corrected chi connectivity index (χ2v) is 6.90. The summed E-state index contributed by atoms with van der Waals surface area (Å²) >= 11 is 0. The molecule has 0 spiro atoms. The van der Waals surface area contributed by atoms with Crippen molar-refractivity contribution in [3.05, 3.63) is 41.5 Å². The second kappa shape index (κ2) is 7.79. The maximum absolute atomic E-state index is 12.4. The van der Waals surface area contributed by atoms with Gasteiger partial charge < -0.3 is 9.84 Å². The fourth-order valence-corrected chi connectivity index (χ4v) is 3.51. The number of nitrogens with zero attached hydrogens (tertiary/aromatic N) is 1. The van der Waals surface area contributed by atoms with Gasteiger partial charge in [-0.2, -0.15) is 0 Å². The van der Waals surface area contributed by atoms with Gasteiger partial charge in [0.25, 0.3) is 0 Å². The Morgan fingerprint density at radius 2 is 2.04 bits per heavy atom. The number of alkyl halides is 3. The van der Waals surface area contributed by atoms with Crippen LogP contribution in [0.3, 0.4) is 0 Å². The molecule has 0 radical (unpaired) electrons. The molecule has 1 aliphatic carbocycles. The zero-order chi connectivity index (χ0) is 17.9. The van der Waals surface area contributed by atoms with Gasteiger partial charge in [0.15, 0.2) is 0 Å². The summed E-state index contributed by atoms with van der Waals surface area (Å²) in [7, 11) is 0. The fraction of sp³-hybridized carbons (Fsp3) is 0.579. The van der Waals surface area contributed by atoms with Crippen LogP contribution >= 0.6 is 0 Å². The van der Waals surface area contributed by atoms with Crippen LogP contribution in [0.4, 0.5) is 13.2 Å². The topological polar surface area (TPSA) is 32.7 Å². The predicted molar refractivity (Wildman–Crippen MR) is 89.1 cm³/mol. The van der Waals surface area contributed by atoms with E-state index in [4.69, 9.17) is 5.11 Å². The van der Waals surface area contributed by atoms with Gasteiger partial charge in [-0.1, -0.05) is 23.8 Å². The van der Waals surface area contributed by atoms with Gasteiger partial charge in [-0.05, 0) is 55.7 Å². The third kappa shape index (κ3) is 5.47. The van der Waals surface area contributed by atoms with Crippen LogP contribution in [0.25, 0.3) is 0 Å². The van der Waals surface area contributed by atoms with Crippen molar-refractivity contribution in [3.8, 4) is 5.75 Å². The van der Waals surface area contributed by atoms with Gasteiger partial charge in [0.1, 0.15) is 5.75 Å². The minimum atomic E-state index is -4.66. The van der Waals surface area contributed by atoms with E-state index in [1.807, 2.05) is 6.07 Å². The lowest BCUT2D eigenvalue weighted by Crippen LogP contribution is -2.39. The summed E-state index contributed by atoms with van der Waals surface area (Å²) in [5.74, 6) is 0.489. The fourth-order valence-electron chi connectivity index (χ4n) is 3.51. The number of hydrogen-bond donors (Lipinski definition) is 1. The zero-order valence-corrected chi connectivity index (χ0v) is 14.1. The summed E-state index contributed by atoms with van der Waals surface area (Å²) in [6, 6.07) is 6.61. The maximum Gasteiger partial charge on any atom is 0.573 e. The van der Waals surface area contributed by atoms with Crippen molar-refractivity contribution in [1.82, 2.24) is 4.90 Å². The van der Waals surface area contributed by atoms with Crippen LogP contribution in [-0.2, 0) is 6.54 Å². The summed E-state index contributed by atoms with van der Waals surface area (Å²) in [4.78, 5) is 2.35. The molecule has 1 unspecified atom stereocenters. The molecule has 0 amide bonds. The molecule has 1 aromatic rings. The van der Waals surface area contributed by atoms with Gasteiger partial charge in [0, 0.05) is 25.7 Å². The summed E-state index contributed by atoms with van der Waals surface area (Å²) in [6.07, 6.45) is 2.77. The Labute approximate surface area is 146 Å². The van der Waals surface area contributed by atoms with Crippen LogP contribution < -0.4 is 4.74 Å². The summed E-state index contributed by atoms with van der Waals surface area (Å²) in [6.45, 7) is 1.74. The van der Waals surface area contributed by atoms with E-state index in [0.29, 0.717) is 18.5 Å². The number of benzene rings is 1. The molecule has 1 heterocycles. The quantitative estimate of drug-likeness (QED) is 0.742. The number of hydrogen-bond acceptors (Lipinski definition) is 3. The largest absolute Gasteiger partial charge is 0.573 e. The normalized spacial score (nSPS) is 21.9. The van der Waals surface area contributed by atoms with E-state index in [-0.39, 0.29) is 12.4 Å². The van der Waals surface area contributed by atoms with Gasteiger partial charge in [-0.25, -0.2) is 0 Å². The van der Waals surface area contributed by atoms with Crippen LogP contribution in [0.1, 0.15) is 37.7 Å². The Hall–Kier alpha value is -1.53. The number of halogens is 3. The van der Waals surface area contributed by atoms with Crippen LogP contribution in [0.5, 0.6) is 5.75 Å². The Morgan fingerprint density at radius 1 is 1.24 bits per heavy atom. The minimum Gasteiger partial charge on any atom is -0.406 e. The monoisotopic (exact) mass is 355 g/mol. The molecule has 1 saturated carbocycles.